The summed E-state index contributed by atoms with van der Waals surface area (Å²) in [6.45, 7) is 3.65. The van der Waals surface area contributed by atoms with Crippen LogP contribution in [-0.2, 0) is 6.54 Å². The van der Waals surface area contributed by atoms with Crippen molar-refractivity contribution < 1.29 is 9.18 Å². The van der Waals surface area contributed by atoms with Gasteiger partial charge in [0.05, 0.1) is 22.8 Å². The normalized spacial score (nSPS) is 20.5. The van der Waals surface area contributed by atoms with Crippen molar-refractivity contribution in [3.63, 3.8) is 0 Å². The minimum atomic E-state index is -0.664. The van der Waals surface area contributed by atoms with Crippen LogP contribution in [0, 0.1) is 12.7 Å². The van der Waals surface area contributed by atoms with Gasteiger partial charge in [-0.15, -0.1) is 0 Å². The van der Waals surface area contributed by atoms with Crippen LogP contribution in [0.25, 0.3) is 11.4 Å². The second-order valence-corrected chi connectivity index (χ2v) is 8.47. The van der Waals surface area contributed by atoms with E-state index in [9.17, 15) is 9.18 Å². The smallest absolute Gasteiger partial charge is 0.257 e. The summed E-state index contributed by atoms with van der Waals surface area (Å²) in [7, 11) is 0. The largest absolute Gasteiger partial charge is 0.384 e. The molecule has 8 nitrogen and oxygen atoms in total. The maximum atomic E-state index is 14.3. The topological polar surface area (TPSA) is 104 Å². The molecule has 4 heterocycles. The average molecular weight is 442 g/mol. The number of hydrogen-bond acceptors (Lipinski definition) is 6. The molecule has 0 spiro atoms. The van der Waals surface area contributed by atoms with Gasteiger partial charge in [0.15, 0.2) is 5.82 Å². The van der Waals surface area contributed by atoms with Gasteiger partial charge in [0.2, 0.25) is 0 Å². The van der Waals surface area contributed by atoms with E-state index in [0.717, 1.165) is 17.8 Å². The number of halogens is 2. The Morgan fingerprint density at radius 2 is 2.10 bits per heavy atom. The molecule has 1 aromatic carbocycles. The van der Waals surface area contributed by atoms with Crippen molar-refractivity contribution in [2.24, 2.45) is 0 Å². The number of benzene rings is 1. The van der Waals surface area contributed by atoms with Crippen LogP contribution in [0.15, 0.2) is 30.3 Å². The van der Waals surface area contributed by atoms with E-state index in [1.54, 1.807) is 17.0 Å². The number of rotatable bonds is 4. The molecular weight excluding hydrogens is 421 g/mol. The molecule has 3 N–H and O–H groups in total. The molecule has 0 radical (unpaired) electrons. The maximum Gasteiger partial charge on any atom is 0.257 e. The lowest BCUT2D eigenvalue weighted by Crippen LogP contribution is -2.48. The summed E-state index contributed by atoms with van der Waals surface area (Å²) in [6, 6.07) is 8.30. The number of carbonyl (C=O) groups is 1. The number of carbonyl (C=O) groups excluding carboxylic acids is 1. The summed E-state index contributed by atoms with van der Waals surface area (Å²) in [5.41, 5.74) is 8.34. The lowest BCUT2D eigenvalue weighted by Gasteiger charge is -2.34. The van der Waals surface area contributed by atoms with E-state index in [1.165, 1.54) is 12.1 Å². The molecule has 0 aliphatic carbocycles. The first-order chi connectivity index (χ1) is 14.9. The van der Waals surface area contributed by atoms with Crippen LogP contribution in [0.1, 0.15) is 28.3 Å². The average Bonchev–Trinajstić information content (AvgIpc) is 3.45. The Balaban J connectivity index is 1.30. The van der Waals surface area contributed by atoms with E-state index in [2.05, 4.69) is 25.1 Å². The van der Waals surface area contributed by atoms with Gasteiger partial charge in [0.25, 0.3) is 5.91 Å². The third-order valence-corrected chi connectivity index (χ3v) is 6.19. The number of H-pyrrole nitrogens is 1. The number of amides is 1. The molecule has 2 saturated heterocycles. The van der Waals surface area contributed by atoms with Crippen molar-refractivity contribution in [1.29, 1.82) is 0 Å². The van der Waals surface area contributed by atoms with Crippen molar-refractivity contribution in [2.45, 2.75) is 32.0 Å². The fourth-order valence-corrected chi connectivity index (χ4v) is 4.64. The van der Waals surface area contributed by atoms with Gasteiger partial charge in [-0.05, 0) is 31.5 Å². The van der Waals surface area contributed by atoms with Gasteiger partial charge in [-0.3, -0.25) is 14.8 Å². The van der Waals surface area contributed by atoms with Crippen molar-refractivity contribution in [3.05, 3.63) is 58.3 Å². The van der Waals surface area contributed by atoms with Gasteiger partial charge in [-0.2, -0.15) is 5.10 Å². The summed E-state index contributed by atoms with van der Waals surface area (Å²) >= 11 is 5.84. The molecule has 2 atom stereocenters. The molecule has 0 unspecified atom stereocenters. The van der Waals surface area contributed by atoms with E-state index in [4.69, 9.17) is 17.3 Å². The number of nitrogen functional groups attached to an aromatic ring is 1. The number of likely N-dealkylation sites (tertiary alicyclic amines) is 2. The van der Waals surface area contributed by atoms with E-state index < -0.39 is 5.82 Å². The molecule has 5 rings (SSSR count). The Labute approximate surface area is 183 Å². The molecule has 0 saturated carbocycles. The number of aryl methyl sites for hydroxylation is 1. The molecule has 2 fully saturated rings. The van der Waals surface area contributed by atoms with Crippen LogP contribution in [-0.4, -0.2) is 61.0 Å². The van der Waals surface area contributed by atoms with Gasteiger partial charge in [0.1, 0.15) is 17.3 Å². The van der Waals surface area contributed by atoms with Crippen LogP contribution in [0.5, 0.6) is 0 Å². The molecule has 2 aromatic heterocycles. The van der Waals surface area contributed by atoms with Crippen molar-refractivity contribution in [3.8, 4) is 11.4 Å². The molecule has 2 aliphatic heterocycles. The predicted octanol–water partition coefficient (Wildman–Crippen LogP) is 2.65. The third kappa shape index (κ3) is 3.64. The van der Waals surface area contributed by atoms with Crippen LogP contribution < -0.4 is 5.73 Å². The highest BCUT2D eigenvalue weighted by Crippen LogP contribution is 2.33. The van der Waals surface area contributed by atoms with Crippen molar-refractivity contribution >= 4 is 23.3 Å². The molecule has 2 bridgehead atoms. The zero-order valence-corrected chi connectivity index (χ0v) is 17.6. The van der Waals surface area contributed by atoms with Crippen molar-refractivity contribution in [2.75, 3.05) is 18.8 Å². The quantitative estimate of drug-likeness (QED) is 0.645. The summed E-state index contributed by atoms with van der Waals surface area (Å²) in [5.74, 6) is 0.0202. The monoisotopic (exact) mass is 441 g/mol. The SMILES string of the molecule is Cc1cc(-c2cc(N)nc(CN3C[C@@H]4C[C@@H]3CN4C(=O)c3cccc(Cl)c3F)n2)n[nH]1. The summed E-state index contributed by atoms with van der Waals surface area (Å²) in [5, 5.41) is 7.10. The standard InChI is InChI=1S/C21H21ClFN7O/c1-11-5-17(28-27-11)16-7-18(24)26-19(25-16)10-29-8-13-6-12(29)9-30(13)21(31)14-3-2-4-15(22)20(14)23/h2-5,7,12-13H,6,8-10H2,1H3,(H,27,28)(H2,24,25,26)/t12-,13+/m1/s1. The second kappa shape index (κ2) is 7.58. The molecule has 160 valence electrons. The number of nitrogens with one attached hydrogen (secondary N) is 1. The fraction of sp³-hybridized carbons (Fsp3) is 0.333. The highest BCUT2D eigenvalue weighted by Gasteiger charge is 2.45. The summed E-state index contributed by atoms with van der Waals surface area (Å²) in [6.07, 6.45) is 0.835. The van der Waals surface area contributed by atoms with E-state index in [1.807, 2.05) is 13.0 Å². The zero-order chi connectivity index (χ0) is 21.7. The van der Waals surface area contributed by atoms with E-state index >= 15 is 0 Å². The first-order valence-corrected chi connectivity index (χ1v) is 10.4. The molecule has 31 heavy (non-hydrogen) atoms. The number of hydrogen-bond donors (Lipinski definition) is 2. The maximum absolute atomic E-state index is 14.3. The first kappa shape index (κ1) is 19.9. The van der Waals surface area contributed by atoms with Crippen LogP contribution in [0.4, 0.5) is 10.2 Å². The Morgan fingerprint density at radius 1 is 1.26 bits per heavy atom. The lowest BCUT2D eigenvalue weighted by atomic mass is 10.1. The number of anilines is 1. The Bertz CT molecular complexity index is 1170. The zero-order valence-electron chi connectivity index (χ0n) is 16.8. The number of nitrogens with two attached hydrogens (primary N) is 1. The number of nitrogens with zero attached hydrogens (tertiary/aromatic N) is 5. The van der Waals surface area contributed by atoms with Gasteiger partial charge < -0.3 is 10.6 Å². The van der Waals surface area contributed by atoms with E-state index in [-0.39, 0.29) is 28.6 Å². The Kier molecular flexibility index (Phi) is 4.86. The highest BCUT2D eigenvalue weighted by molar-refractivity contribution is 6.31. The number of aromatic amines is 1. The number of fused-ring (bicyclic) bond motifs is 2. The van der Waals surface area contributed by atoms with Gasteiger partial charge in [-0.25, -0.2) is 14.4 Å². The predicted molar refractivity (Wildman–Crippen MR) is 114 cm³/mol. The number of aromatic nitrogens is 4. The van der Waals surface area contributed by atoms with Crippen LogP contribution in [0.3, 0.4) is 0 Å². The molecule has 3 aromatic rings. The minimum Gasteiger partial charge on any atom is -0.384 e. The van der Waals surface area contributed by atoms with Gasteiger partial charge in [0, 0.05) is 36.9 Å². The summed E-state index contributed by atoms with van der Waals surface area (Å²) in [4.78, 5) is 25.9. The Hall–Kier alpha value is -3.04. The Morgan fingerprint density at radius 3 is 2.81 bits per heavy atom. The fourth-order valence-electron chi connectivity index (χ4n) is 4.47. The van der Waals surface area contributed by atoms with Crippen molar-refractivity contribution in [1.82, 2.24) is 30.0 Å². The van der Waals surface area contributed by atoms with E-state index in [0.29, 0.717) is 37.0 Å². The highest BCUT2D eigenvalue weighted by atomic mass is 35.5. The number of piperazine rings is 1. The third-order valence-electron chi connectivity index (χ3n) is 5.90. The lowest BCUT2D eigenvalue weighted by molar-refractivity contribution is 0.0608. The summed E-state index contributed by atoms with van der Waals surface area (Å²) < 4.78 is 14.3. The van der Waals surface area contributed by atoms with Gasteiger partial charge >= 0.3 is 0 Å². The van der Waals surface area contributed by atoms with Crippen LogP contribution in [0.2, 0.25) is 5.02 Å². The second-order valence-electron chi connectivity index (χ2n) is 8.06. The molecule has 1 amide bonds. The van der Waals surface area contributed by atoms with Crippen LogP contribution >= 0.6 is 11.6 Å². The first-order valence-electron chi connectivity index (χ1n) is 10.0. The minimum absolute atomic E-state index is 0.0182. The molecule has 2 aliphatic rings. The molecular formula is C21H21ClFN7O. The molecule has 10 heteroatoms. The van der Waals surface area contributed by atoms with Gasteiger partial charge in [-0.1, -0.05) is 17.7 Å².